The summed E-state index contributed by atoms with van der Waals surface area (Å²) in [6.45, 7) is 6.55. The fourth-order valence-corrected chi connectivity index (χ4v) is 5.59. The van der Waals surface area contributed by atoms with Crippen LogP contribution >= 0.6 is 22.6 Å². The monoisotopic (exact) mass is 527 g/mol. The summed E-state index contributed by atoms with van der Waals surface area (Å²) < 4.78 is 21.5. The third-order valence-corrected chi connectivity index (χ3v) is 8.14. The maximum atomic E-state index is 13.7. The lowest BCUT2D eigenvalue weighted by atomic mass is 9.95. The summed E-state index contributed by atoms with van der Waals surface area (Å²) in [5, 5.41) is 10.4. The van der Waals surface area contributed by atoms with Crippen LogP contribution in [0.3, 0.4) is 0 Å². The molecular formula is C23H30INO3S. The van der Waals surface area contributed by atoms with E-state index in [1.54, 1.807) is 0 Å². The topological polar surface area (TPSA) is 55.8 Å². The molecule has 0 spiro atoms. The van der Waals surface area contributed by atoms with Crippen molar-refractivity contribution >= 4 is 34.0 Å². The summed E-state index contributed by atoms with van der Waals surface area (Å²) in [6.07, 6.45) is 0.657. The van der Waals surface area contributed by atoms with E-state index in [2.05, 4.69) is 51.2 Å². The summed E-state index contributed by atoms with van der Waals surface area (Å²) in [6, 6.07) is 20.0. The second-order valence-electron chi connectivity index (χ2n) is 8.44. The number of benzene rings is 2. The van der Waals surface area contributed by atoms with Crippen LogP contribution < -0.4 is 0 Å². The molecule has 1 heterocycles. The van der Waals surface area contributed by atoms with Gasteiger partial charge >= 0.3 is 0 Å². The third kappa shape index (κ3) is 5.95. The Morgan fingerprint density at radius 3 is 2.24 bits per heavy atom. The van der Waals surface area contributed by atoms with Crippen molar-refractivity contribution in [2.24, 2.45) is 0 Å². The van der Waals surface area contributed by atoms with Gasteiger partial charge in [-0.1, -0.05) is 83.3 Å². The van der Waals surface area contributed by atoms with Crippen LogP contribution in [-0.4, -0.2) is 35.0 Å². The van der Waals surface area contributed by atoms with E-state index in [4.69, 9.17) is 4.74 Å². The second kappa shape index (κ2) is 10.1. The Balaban J connectivity index is 2.01. The minimum atomic E-state index is -1.26. The van der Waals surface area contributed by atoms with E-state index in [0.717, 1.165) is 24.0 Å². The van der Waals surface area contributed by atoms with Gasteiger partial charge in [-0.05, 0) is 44.7 Å². The lowest BCUT2D eigenvalue weighted by Gasteiger charge is -2.43. The van der Waals surface area contributed by atoms with Gasteiger partial charge in [0.15, 0.2) is 6.29 Å². The first-order valence-corrected chi connectivity index (χ1v) is 12.4. The molecule has 1 aliphatic rings. The van der Waals surface area contributed by atoms with Crippen molar-refractivity contribution in [2.45, 2.75) is 67.3 Å². The van der Waals surface area contributed by atoms with Crippen LogP contribution in [0.25, 0.3) is 0 Å². The molecule has 158 valence electrons. The van der Waals surface area contributed by atoms with Gasteiger partial charge in [0, 0.05) is 11.4 Å². The van der Waals surface area contributed by atoms with Crippen LogP contribution in [-0.2, 0) is 22.6 Å². The lowest BCUT2D eigenvalue weighted by Crippen LogP contribution is -2.50. The highest BCUT2D eigenvalue weighted by molar-refractivity contribution is 14.1. The molecule has 1 saturated heterocycles. The van der Waals surface area contributed by atoms with Crippen molar-refractivity contribution in [3.8, 4) is 0 Å². The summed E-state index contributed by atoms with van der Waals surface area (Å²) in [5.74, 6) is 0. The SMILES string of the molecule is CC(C)(C)[S+]([O-])N(Cc1ccccc1)C(c1ccccc1)C1CCC(I)C(O)O1. The molecule has 0 radical (unpaired) electrons. The van der Waals surface area contributed by atoms with E-state index in [0.29, 0.717) is 6.54 Å². The van der Waals surface area contributed by atoms with E-state index in [9.17, 15) is 9.66 Å². The maximum Gasteiger partial charge on any atom is 0.166 e. The van der Waals surface area contributed by atoms with Gasteiger partial charge in [-0.2, -0.15) is 0 Å². The van der Waals surface area contributed by atoms with Crippen molar-refractivity contribution < 1.29 is 14.4 Å². The highest BCUT2D eigenvalue weighted by Gasteiger charge is 2.44. The molecule has 0 aliphatic carbocycles. The van der Waals surface area contributed by atoms with Crippen LogP contribution in [0, 0.1) is 0 Å². The number of nitrogens with zero attached hydrogens (tertiary/aromatic N) is 1. The normalized spacial score (nSPS) is 25.0. The van der Waals surface area contributed by atoms with E-state index in [-0.39, 0.29) is 16.1 Å². The molecule has 2 aromatic carbocycles. The molecule has 2 aromatic rings. The maximum absolute atomic E-state index is 13.7. The highest BCUT2D eigenvalue weighted by Crippen LogP contribution is 2.39. The van der Waals surface area contributed by atoms with Crippen molar-refractivity contribution in [3.05, 3.63) is 71.8 Å². The third-order valence-electron chi connectivity index (χ3n) is 5.07. The molecule has 0 bridgehead atoms. The fourth-order valence-electron chi connectivity index (χ4n) is 3.62. The van der Waals surface area contributed by atoms with Gasteiger partial charge in [-0.3, -0.25) is 0 Å². The standard InChI is InChI=1S/C23H30INO3S/c1-23(2,3)29(27)25(16-17-10-6-4-7-11-17)21(18-12-8-5-9-13-18)20-15-14-19(24)22(26)28-20/h4-13,19-22,26H,14-16H2,1-3H3. The predicted octanol–water partition coefficient (Wildman–Crippen LogP) is 4.99. The van der Waals surface area contributed by atoms with Gasteiger partial charge < -0.3 is 14.4 Å². The van der Waals surface area contributed by atoms with Crippen LogP contribution in [0.15, 0.2) is 60.7 Å². The van der Waals surface area contributed by atoms with Crippen LogP contribution in [0.5, 0.6) is 0 Å². The van der Waals surface area contributed by atoms with E-state index in [1.165, 1.54) is 0 Å². The van der Waals surface area contributed by atoms with Gasteiger partial charge in [0.1, 0.15) is 10.8 Å². The minimum Gasteiger partial charge on any atom is -0.597 e. The zero-order valence-corrected chi connectivity index (χ0v) is 20.2. The molecule has 4 nitrogen and oxygen atoms in total. The first-order valence-electron chi connectivity index (χ1n) is 10.0. The van der Waals surface area contributed by atoms with Crippen molar-refractivity contribution in [1.29, 1.82) is 0 Å². The second-order valence-corrected chi connectivity index (χ2v) is 12.2. The van der Waals surface area contributed by atoms with Gasteiger partial charge in [0.25, 0.3) is 0 Å². The van der Waals surface area contributed by atoms with Gasteiger partial charge in [-0.25, -0.2) is 0 Å². The molecule has 1 N–H and O–H groups in total. The molecule has 0 aromatic heterocycles. The molecular weight excluding hydrogens is 497 g/mol. The Bertz CT molecular complexity index is 756. The fraction of sp³-hybridized carbons (Fsp3) is 0.478. The Hall–Kier alpha value is -0.640. The first kappa shape index (κ1) is 23.0. The number of hydrogen-bond donors (Lipinski definition) is 1. The Morgan fingerprint density at radius 2 is 1.69 bits per heavy atom. The van der Waals surface area contributed by atoms with Gasteiger partial charge in [0.2, 0.25) is 0 Å². The Labute approximate surface area is 191 Å². The molecule has 3 rings (SSSR count). The number of hydrogen-bond acceptors (Lipinski definition) is 4. The van der Waals surface area contributed by atoms with E-state index in [1.807, 2.05) is 57.2 Å². The zero-order chi connectivity index (χ0) is 21.0. The van der Waals surface area contributed by atoms with Crippen LogP contribution in [0.4, 0.5) is 0 Å². The molecule has 0 saturated carbocycles. The Morgan fingerprint density at radius 1 is 1.10 bits per heavy atom. The predicted molar refractivity (Wildman–Crippen MR) is 127 cm³/mol. The summed E-state index contributed by atoms with van der Waals surface area (Å²) >= 11 is 0.987. The molecule has 1 fully saturated rings. The quantitative estimate of drug-likeness (QED) is 0.327. The number of alkyl halides is 1. The molecule has 5 unspecified atom stereocenters. The molecule has 0 amide bonds. The number of rotatable bonds is 6. The number of aliphatic hydroxyl groups excluding tert-OH is 1. The van der Waals surface area contributed by atoms with Crippen LogP contribution in [0.2, 0.25) is 0 Å². The van der Waals surface area contributed by atoms with Crippen LogP contribution in [0.1, 0.15) is 50.8 Å². The van der Waals surface area contributed by atoms with E-state index >= 15 is 0 Å². The average molecular weight is 527 g/mol. The van der Waals surface area contributed by atoms with Crippen molar-refractivity contribution in [2.75, 3.05) is 0 Å². The lowest BCUT2D eigenvalue weighted by molar-refractivity contribution is -0.171. The summed E-state index contributed by atoms with van der Waals surface area (Å²) in [5.41, 5.74) is 2.17. The number of halogens is 1. The van der Waals surface area contributed by atoms with Crippen molar-refractivity contribution in [3.63, 3.8) is 0 Å². The largest absolute Gasteiger partial charge is 0.597 e. The van der Waals surface area contributed by atoms with Crippen molar-refractivity contribution in [1.82, 2.24) is 4.31 Å². The number of aliphatic hydroxyl groups is 1. The molecule has 1 aliphatic heterocycles. The van der Waals surface area contributed by atoms with Gasteiger partial charge in [0.05, 0.1) is 16.6 Å². The molecule has 5 atom stereocenters. The van der Waals surface area contributed by atoms with E-state index < -0.39 is 22.4 Å². The summed E-state index contributed by atoms with van der Waals surface area (Å²) in [7, 11) is 0. The minimum absolute atomic E-state index is 0.0796. The smallest absolute Gasteiger partial charge is 0.166 e. The highest BCUT2D eigenvalue weighted by atomic mass is 127. The summed E-state index contributed by atoms with van der Waals surface area (Å²) in [4.78, 5) is 0. The zero-order valence-electron chi connectivity index (χ0n) is 17.2. The average Bonchev–Trinajstić information content (AvgIpc) is 2.70. The number of ether oxygens (including phenoxy) is 1. The Kier molecular flexibility index (Phi) is 8.03. The van der Waals surface area contributed by atoms with Gasteiger partial charge in [-0.15, -0.1) is 4.31 Å². The molecule has 6 heteroatoms. The molecule has 29 heavy (non-hydrogen) atoms. The first-order chi connectivity index (χ1) is 13.8.